The monoisotopic (exact) mass is 261 g/mol. The van der Waals surface area contributed by atoms with Crippen molar-refractivity contribution in [2.75, 3.05) is 46.6 Å². The quantitative estimate of drug-likeness (QED) is 0.627. The summed E-state index contributed by atoms with van der Waals surface area (Å²) in [5.74, 6) is 0.0619. The predicted molar refractivity (Wildman–Crippen MR) is 70.4 cm³/mol. The molecule has 0 spiro atoms. The SMILES string of the molecule is COCCOCCN(CCO)C(=O)CC(C)(C)C. The molecule has 1 amide bonds. The van der Waals surface area contributed by atoms with E-state index in [-0.39, 0.29) is 17.9 Å². The van der Waals surface area contributed by atoms with Crippen LogP contribution in [0.2, 0.25) is 0 Å². The second-order valence-corrected chi connectivity index (χ2v) is 5.45. The number of rotatable bonds is 9. The fourth-order valence-electron chi connectivity index (χ4n) is 1.47. The van der Waals surface area contributed by atoms with Crippen LogP contribution in [0.15, 0.2) is 0 Å². The van der Waals surface area contributed by atoms with Gasteiger partial charge in [0.1, 0.15) is 0 Å². The maximum Gasteiger partial charge on any atom is 0.223 e. The minimum Gasteiger partial charge on any atom is -0.395 e. The molecule has 5 nitrogen and oxygen atoms in total. The van der Waals surface area contributed by atoms with Crippen LogP contribution in [-0.4, -0.2) is 62.5 Å². The topological polar surface area (TPSA) is 59.0 Å². The average Bonchev–Trinajstić information content (AvgIpc) is 2.25. The largest absolute Gasteiger partial charge is 0.395 e. The van der Waals surface area contributed by atoms with E-state index < -0.39 is 0 Å². The highest BCUT2D eigenvalue weighted by molar-refractivity contribution is 5.76. The summed E-state index contributed by atoms with van der Waals surface area (Å²) in [5.41, 5.74) is -0.0400. The first-order chi connectivity index (χ1) is 8.40. The fraction of sp³-hybridized carbons (Fsp3) is 0.923. The maximum absolute atomic E-state index is 12.0. The molecule has 0 bridgehead atoms. The second kappa shape index (κ2) is 9.30. The molecule has 0 radical (unpaired) electrons. The van der Waals surface area contributed by atoms with Gasteiger partial charge < -0.3 is 19.5 Å². The van der Waals surface area contributed by atoms with E-state index in [4.69, 9.17) is 14.6 Å². The Balaban J connectivity index is 4.01. The highest BCUT2D eigenvalue weighted by Gasteiger charge is 2.20. The Hall–Kier alpha value is -0.650. The number of methoxy groups -OCH3 is 1. The molecule has 0 aromatic carbocycles. The van der Waals surface area contributed by atoms with Crippen LogP contribution in [-0.2, 0) is 14.3 Å². The van der Waals surface area contributed by atoms with Crippen LogP contribution in [0, 0.1) is 5.41 Å². The van der Waals surface area contributed by atoms with Crippen molar-refractivity contribution in [2.24, 2.45) is 5.41 Å². The van der Waals surface area contributed by atoms with Gasteiger partial charge in [-0.3, -0.25) is 4.79 Å². The lowest BCUT2D eigenvalue weighted by Gasteiger charge is -2.26. The van der Waals surface area contributed by atoms with Crippen molar-refractivity contribution in [3.05, 3.63) is 0 Å². The van der Waals surface area contributed by atoms with E-state index in [9.17, 15) is 4.79 Å². The molecule has 0 aliphatic rings. The highest BCUT2D eigenvalue weighted by Crippen LogP contribution is 2.19. The Morgan fingerprint density at radius 3 is 2.33 bits per heavy atom. The number of aliphatic hydroxyl groups excluding tert-OH is 1. The van der Waals surface area contributed by atoms with E-state index in [0.29, 0.717) is 39.3 Å². The Kier molecular flexibility index (Phi) is 8.97. The summed E-state index contributed by atoms with van der Waals surface area (Å²) in [6.45, 7) is 8.48. The van der Waals surface area contributed by atoms with Crippen LogP contribution >= 0.6 is 0 Å². The molecule has 0 unspecified atom stereocenters. The van der Waals surface area contributed by atoms with E-state index in [1.807, 2.05) is 20.8 Å². The Morgan fingerprint density at radius 2 is 1.83 bits per heavy atom. The summed E-state index contributed by atoms with van der Waals surface area (Å²) in [7, 11) is 1.62. The van der Waals surface area contributed by atoms with Crippen molar-refractivity contribution in [3.63, 3.8) is 0 Å². The van der Waals surface area contributed by atoms with Gasteiger partial charge >= 0.3 is 0 Å². The van der Waals surface area contributed by atoms with Gasteiger partial charge in [-0.15, -0.1) is 0 Å². The number of nitrogens with zero attached hydrogens (tertiary/aromatic N) is 1. The second-order valence-electron chi connectivity index (χ2n) is 5.45. The third-order valence-corrected chi connectivity index (χ3v) is 2.34. The lowest BCUT2D eigenvalue weighted by atomic mass is 9.91. The van der Waals surface area contributed by atoms with Gasteiger partial charge in [0.2, 0.25) is 5.91 Å². The molecule has 108 valence electrons. The molecule has 0 saturated carbocycles. The Morgan fingerprint density at radius 1 is 1.17 bits per heavy atom. The van der Waals surface area contributed by atoms with Gasteiger partial charge in [-0.1, -0.05) is 20.8 Å². The number of hydrogen-bond acceptors (Lipinski definition) is 4. The normalized spacial score (nSPS) is 11.6. The molecule has 0 saturated heterocycles. The molecule has 0 fully saturated rings. The third-order valence-electron chi connectivity index (χ3n) is 2.34. The van der Waals surface area contributed by atoms with Crippen LogP contribution in [0.25, 0.3) is 0 Å². The number of aliphatic hydroxyl groups is 1. The van der Waals surface area contributed by atoms with Gasteiger partial charge in [-0.2, -0.15) is 0 Å². The van der Waals surface area contributed by atoms with Gasteiger partial charge in [0.15, 0.2) is 0 Å². The van der Waals surface area contributed by atoms with E-state index in [1.165, 1.54) is 0 Å². The molecule has 0 atom stereocenters. The van der Waals surface area contributed by atoms with Crippen LogP contribution in [0.4, 0.5) is 0 Å². The van der Waals surface area contributed by atoms with Crippen LogP contribution in [0.5, 0.6) is 0 Å². The third kappa shape index (κ3) is 9.39. The molecule has 0 rings (SSSR count). The first-order valence-electron chi connectivity index (χ1n) is 6.36. The van der Waals surface area contributed by atoms with Crippen molar-refractivity contribution in [2.45, 2.75) is 27.2 Å². The van der Waals surface area contributed by atoms with Gasteiger partial charge in [-0.25, -0.2) is 0 Å². The minimum atomic E-state index is -0.0400. The molecular weight excluding hydrogens is 234 g/mol. The van der Waals surface area contributed by atoms with E-state index >= 15 is 0 Å². The first kappa shape index (κ1) is 17.4. The zero-order valence-electron chi connectivity index (χ0n) is 12.1. The van der Waals surface area contributed by atoms with Gasteiger partial charge in [-0.05, 0) is 5.41 Å². The molecule has 0 aliphatic carbocycles. The smallest absolute Gasteiger partial charge is 0.223 e. The van der Waals surface area contributed by atoms with E-state index in [1.54, 1.807) is 12.0 Å². The Labute approximate surface area is 110 Å². The first-order valence-corrected chi connectivity index (χ1v) is 6.36. The molecular formula is C13H27NO4. The molecule has 0 heterocycles. The highest BCUT2D eigenvalue weighted by atomic mass is 16.5. The lowest BCUT2D eigenvalue weighted by molar-refractivity contribution is -0.134. The summed E-state index contributed by atoms with van der Waals surface area (Å²) in [6, 6.07) is 0. The van der Waals surface area contributed by atoms with Crippen LogP contribution in [0.3, 0.4) is 0 Å². The van der Waals surface area contributed by atoms with Crippen molar-refractivity contribution >= 4 is 5.91 Å². The van der Waals surface area contributed by atoms with Crippen LogP contribution in [0.1, 0.15) is 27.2 Å². The molecule has 0 aromatic rings. The van der Waals surface area contributed by atoms with Gasteiger partial charge in [0, 0.05) is 26.6 Å². The van der Waals surface area contributed by atoms with Crippen molar-refractivity contribution < 1.29 is 19.4 Å². The predicted octanol–water partition coefficient (Wildman–Crippen LogP) is 0.906. The minimum absolute atomic E-state index is 0.0199. The summed E-state index contributed by atoms with van der Waals surface area (Å²) < 4.78 is 10.2. The van der Waals surface area contributed by atoms with E-state index in [2.05, 4.69) is 0 Å². The number of hydrogen-bond donors (Lipinski definition) is 1. The summed E-state index contributed by atoms with van der Waals surface area (Å²) in [4.78, 5) is 13.7. The zero-order valence-corrected chi connectivity index (χ0v) is 12.1. The van der Waals surface area contributed by atoms with Gasteiger partial charge in [0.25, 0.3) is 0 Å². The van der Waals surface area contributed by atoms with Crippen molar-refractivity contribution in [3.8, 4) is 0 Å². The summed E-state index contributed by atoms with van der Waals surface area (Å²) in [6.07, 6.45) is 0.477. The summed E-state index contributed by atoms with van der Waals surface area (Å²) >= 11 is 0. The number of amides is 1. The number of carbonyl (C=O) groups is 1. The molecule has 5 heteroatoms. The summed E-state index contributed by atoms with van der Waals surface area (Å²) in [5, 5.41) is 8.97. The molecule has 0 aromatic heterocycles. The van der Waals surface area contributed by atoms with Crippen molar-refractivity contribution in [1.82, 2.24) is 4.90 Å². The maximum atomic E-state index is 12.0. The number of ether oxygens (including phenoxy) is 2. The van der Waals surface area contributed by atoms with E-state index in [0.717, 1.165) is 0 Å². The standard InChI is InChI=1S/C13H27NO4/c1-13(2,3)11-12(16)14(5-7-15)6-8-18-10-9-17-4/h15H,5-11H2,1-4H3. The zero-order chi connectivity index (χ0) is 14.0. The lowest BCUT2D eigenvalue weighted by Crippen LogP contribution is -2.38. The molecule has 18 heavy (non-hydrogen) atoms. The average molecular weight is 261 g/mol. The molecule has 1 N–H and O–H groups in total. The number of carbonyl (C=O) groups excluding carboxylic acids is 1. The Bertz CT molecular complexity index is 226. The van der Waals surface area contributed by atoms with Crippen LogP contribution < -0.4 is 0 Å². The van der Waals surface area contributed by atoms with Gasteiger partial charge in [0.05, 0.1) is 26.4 Å². The molecule has 0 aliphatic heterocycles. The van der Waals surface area contributed by atoms with Crippen molar-refractivity contribution in [1.29, 1.82) is 0 Å². The fourth-order valence-corrected chi connectivity index (χ4v) is 1.47.